The molecular formula is C11H8Cl2N2O2. The van der Waals surface area contributed by atoms with Gasteiger partial charge >= 0.3 is 5.97 Å². The fourth-order valence-corrected chi connectivity index (χ4v) is 2.32. The quantitative estimate of drug-likeness (QED) is 0.912. The average molecular weight is 271 g/mol. The van der Waals surface area contributed by atoms with Crippen LogP contribution in [-0.2, 0) is 0 Å². The number of halogens is 2. The molecule has 0 atom stereocenters. The first-order valence-electron chi connectivity index (χ1n) is 4.72. The standard InChI is InChI=1S/C11H8Cl2N2O2/c1-6-2-7(12)3-8(13)10(6)15-5-14-4-9(15)11(16)17/h2-5H,1H3,(H,16,17). The van der Waals surface area contributed by atoms with E-state index in [0.29, 0.717) is 15.7 Å². The van der Waals surface area contributed by atoms with E-state index in [0.717, 1.165) is 5.56 Å². The molecular weight excluding hydrogens is 263 g/mol. The van der Waals surface area contributed by atoms with Gasteiger partial charge in [-0.3, -0.25) is 4.57 Å². The summed E-state index contributed by atoms with van der Waals surface area (Å²) in [6.07, 6.45) is 2.68. The van der Waals surface area contributed by atoms with Gasteiger partial charge in [-0.05, 0) is 24.6 Å². The highest BCUT2D eigenvalue weighted by molar-refractivity contribution is 6.36. The number of carboxylic acids is 1. The van der Waals surface area contributed by atoms with Crippen LogP contribution in [0.2, 0.25) is 10.0 Å². The number of aromatic carboxylic acids is 1. The summed E-state index contributed by atoms with van der Waals surface area (Å²) < 4.78 is 1.43. The number of nitrogens with zero attached hydrogens (tertiary/aromatic N) is 2. The van der Waals surface area contributed by atoms with Crippen LogP contribution < -0.4 is 0 Å². The first kappa shape index (κ1) is 12.0. The van der Waals surface area contributed by atoms with Gasteiger partial charge in [0.1, 0.15) is 0 Å². The van der Waals surface area contributed by atoms with Crippen molar-refractivity contribution in [3.8, 4) is 5.69 Å². The highest BCUT2D eigenvalue weighted by atomic mass is 35.5. The second-order valence-electron chi connectivity index (χ2n) is 3.51. The largest absolute Gasteiger partial charge is 0.477 e. The number of hydrogen-bond acceptors (Lipinski definition) is 2. The van der Waals surface area contributed by atoms with Crippen molar-refractivity contribution in [2.75, 3.05) is 0 Å². The van der Waals surface area contributed by atoms with Gasteiger partial charge in [0.25, 0.3) is 0 Å². The predicted molar refractivity (Wildman–Crippen MR) is 65.3 cm³/mol. The Morgan fingerprint density at radius 1 is 1.41 bits per heavy atom. The molecule has 0 spiro atoms. The van der Waals surface area contributed by atoms with Crippen LogP contribution in [0.15, 0.2) is 24.7 Å². The van der Waals surface area contributed by atoms with Crippen molar-refractivity contribution in [1.29, 1.82) is 0 Å². The number of aryl methyl sites for hydroxylation is 1. The molecule has 1 N–H and O–H groups in total. The Hall–Kier alpha value is -1.52. The molecule has 2 aromatic rings. The van der Waals surface area contributed by atoms with E-state index in [1.807, 2.05) is 0 Å². The zero-order valence-corrected chi connectivity index (χ0v) is 10.3. The van der Waals surface area contributed by atoms with Crippen LogP contribution in [0.25, 0.3) is 5.69 Å². The normalized spacial score (nSPS) is 10.5. The maximum absolute atomic E-state index is 11.0. The van der Waals surface area contributed by atoms with Crippen LogP contribution in [0, 0.1) is 6.92 Å². The van der Waals surface area contributed by atoms with Crippen LogP contribution in [-0.4, -0.2) is 20.6 Å². The first-order chi connectivity index (χ1) is 8.00. The number of carbonyl (C=O) groups is 1. The number of aromatic nitrogens is 2. The predicted octanol–water partition coefficient (Wildman–Crippen LogP) is 3.19. The summed E-state index contributed by atoms with van der Waals surface area (Å²) in [5.74, 6) is -1.06. The fourth-order valence-electron chi connectivity index (χ4n) is 1.63. The Morgan fingerprint density at radius 2 is 2.12 bits per heavy atom. The minimum Gasteiger partial charge on any atom is -0.477 e. The van der Waals surface area contributed by atoms with Gasteiger partial charge in [-0.25, -0.2) is 9.78 Å². The number of rotatable bonds is 2. The molecule has 0 aliphatic heterocycles. The van der Waals surface area contributed by atoms with Gasteiger partial charge in [-0.2, -0.15) is 0 Å². The first-order valence-corrected chi connectivity index (χ1v) is 5.48. The molecule has 0 radical (unpaired) electrons. The highest BCUT2D eigenvalue weighted by Gasteiger charge is 2.15. The molecule has 17 heavy (non-hydrogen) atoms. The summed E-state index contributed by atoms with van der Waals surface area (Å²) in [4.78, 5) is 14.8. The van der Waals surface area contributed by atoms with Gasteiger partial charge in [0.2, 0.25) is 0 Å². The molecule has 0 aliphatic carbocycles. The van der Waals surface area contributed by atoms with Crippen LogP contribution in [0.3, 0.4) is 0 Å². The molecule has 0 bridgehead atoms. The second kappa shape index (κ2) is 4.39. The van der Waals surface area contributed by atoms with Gasteiger partial charge in [-0.15, -0.1) is 0 Å². The Balaban J connectivity index is 2.69. The van der Waals surface area contributed by atoms with E-state index in [1.165, 1.54) is 17.1 Å². The van der Waals surface area contributed by atoms with Crippen molar-refractivity contribution in [2.45, 2.75) is 6.92 Å². The summed E-state index contributed by atoms with van der Waals surface area (Å²) in [7, 11) is 0. The lowest BCUT2D eigenvalue weighted by atomic mass is 10.2. The van der Waals surface area contributed by atoms with E-state index < -0.39 is 5.97 Å². The molecule has 0 saturated carbocycles. The second-order valence-corrected chi connectivity index (χ2v) is 4.35. The van der Waals surface area contributed by atoms with Gasteiger partial charge in [-0.1, -0.05) is 23.2 Å². The Morgan fingerprint density at radius 3 is 2.71 bits per heavy atom. The molecule has 0 fully saturated rings. The minimum atomic E-state index is -1.06. The molecule has 1 heterocycles. The summed E-state index contributed by atoms with van der Waals surface area (Å²) in [6, 6.07) is 3.28. The number of imidazole rings is 1. The number of carboxylic acid groups (broad SMARTS) is 1. The minimum absolute atomic E-state index is 0.0531. The molecule has 6 heteroatoms. The monoisotopic (exact) mass is 270 g/mol. The van der Waals surface area contributed by atoms with E-state index in [-0.39, 0.29) is 5.69 Å². The van der Waals surface area contributed by atoms with Crippen LogP contribution in [0.4, 0.5) is 0 Å². The van der Waals surface area contributed by atoms with E-state index in [2.05, 4.69) is 4.98 Å². The van der Waals surface area contributed by atoms with E-state index in [4.69, 9.17) is 28.3 Å². The topological polar surface area (TPSA) is 55.1 Å². The van der Waals surface area contributed by atoms with Crippen molar-refractivity contribution in [1.82, 2.24) is 9.55 Å². The summed E-state index contributed by atoms with van der Waals surface area (Å²) in [5, 5.41) is 9.91. The van der Waals surface area contributed by atoms with Crippen LogP contribution in [0.5, 0.6) is 0 Å². The maximum Gasteiger partial charge on any atom is 0.354 e. The van der Waals surface area contributed by atoms with Gasteiger partial charge in [0.15, 0.2) is 5.69 Å². The number of benzene rings is 1. The third-order valence-corrected chi connectivity index (χ3v) is 2.82. The Kier molecular flexibility index (Phi) is 3.09. The van der Waals surface area contributed by atoms with Crippen molar-refractivity contribution < 1.29 is 9.90 Å². The van der Waals surface area contributed by atoms with Crippen molar-refractivity contribution in [3.05, 3.63) is 46.0 Å². The maximum atomic E-state index is 11.0. The van der Waals surface area contributed by atoms with E-state index >= 15 is 0 Å². The smallest absolute Gasteiger partial charge is 0.354 e. The molecule has 0 amide bonds. The molecule has 4 nitrogen and oxygen atoms in total. The van der Waals surface area contributed by atoms with Crippen LogP contribution in [0.1, 0.15) is 16.1 Å². The summed E-state index contributed by atoms with van der Waals surface area (Å²) in [5.41, 5.74) is 1.41. The molecule has 1 aromatic heterocycles. The van der Waals surface area contributed by atoms with Gasteiger partial charge < -0.3 is 5.11 Å². The summed E-state index contributed by atoms with van der Waals surface area (Å²) >= 11 is 11.9. The van der Waals surface area contributed by atoms with Crippen LogP contribution >= 0.6 is 23.2 Å². The third kappa shape index (κ3) is 2.14. The third-order valence-electron chi connectivity index (χ3n) is 2.32. The van der Waals surface area contributed by atoms with E-state index in [1.54, 1.807) is 19.1 Å². The van der Waals surface area contributed by atoms with Crippen molar-refractivity contribution in [3.63, 3.8) is 0 Å². The Bertz CT molecular complexity index is 570. The summed E-state index contributed by atoms with van der Waals surface area (Å²) in [6.45, 7) is 1.80. The SMILES string of the molecule is Cc1cc(Cl)cc(Cl)c1-n1cncc1C(=O)O. The van der Waals surface area contributed by atoms with Crippen molar-refractivity contribution >= 4 is 29.2 Å². The molecule has 0 aliphatic rings. The lowest BCUT2D eigenvalue weighted by Crippen LogP contribution is -2.07. The van der Waals surface area contributed by atoms with Gasteiger partial charge in [0.05, 0.1) is 23.2 Å². The lowest BCUT2D eigenvalue weighted by molar-refractivity contribution is 0.0688. The molecule has 1 aromatic carbocycles. The molecule has 0 unspecified atom stereocenters. The molecule has 2 rings (SSSR count). The molecule has 88 valence electrons. The molecule has 0 saturated heterocycles. The zero-order chi connectivity index (χ0) is 12.6. The highest BCUT2D eigenvalue weighted by Crippen LogP contribution is 2.29. The zero-order valence-electron chi connectivity index (χ0n) is 8.82. The van der Waals surface area contributed by atoms with Crippen molar-refractivity contribution in [2.24, 2.45) is 0 Å². The fraction of sp³-hybridized carbons (Fsp3) is 0.0909. The Labute approximate surface area is 107 Å². The van der Waals surface area contributed by atoms with Gasteiger partial charge in [0, 0.05) is 5.02 Å². The lowest BCUT2D eigenvalue weighted by Gasteiger charge is -2.11. The number of hydrogen-bond donors (Lipinski definition) is 1. The van der Waals surface area contributed by atoms with E-state index in [9.17, 15) is 4.79 Å². The average Bonchev–Trinajstić information content (AvgIpc) is 2.64.